The van der Waals surface area contributed by atoms with Crippen molar-refractivity contribution >= 4 is 5.91 Å². The third-order valence-corrected chi connectivity index (χ3v) is 6.19. The highest BCUT2D eigenvalue weighted by molar-refractivity contribution is 5.92. The van der Waals surface area contributed by atoms with Crippen molar-refractivity contribution in [2.45, 2.75) is 57.4 Å². The fourth-order valence-electron chi connectivity index (χ4n) is 4.35. The number of hydrogen-bond acceptors (Lipinski definition) is 4. The van der Waals surface area contributed by atoms with Crippen molar-refractivity contribution in [3.63, 3.8) is 0 Å². The van der Waals surface area contributed by atoms with E-state index in [1.165, 1.54) is 12.8 Å². The van der Waals surface area contributed by atoms with Crippen LogP contribution < -0.4 is 5.56 Å². The molecule has 1 aliphatic heterocycles. The molecule has 3 aliphatic rings. The van der Waals surface area contributed by atoms with E-state index in [9.17, 15) is 9.59 Å². The summed E-state index contributed by atoms with van der Waals surface area (Å²) in [5.41, 5.74) is 3.86. The minimum atomic E-state index is 0.0123. The summed E-state index contributed by atoms with van der Waals surface area (Å²) in [5, 5.41) is 11.8. The van der Waals surface area contributed by atoms with Crippen molar-refractivity contribution < 1.29 is 4.79 Å². The van der Waals surface area contributed by atoms with E-state index in [2.05, 4.69) is 15.3 Å². The van der Waals surface area contributed by atoms with E-state index in [4.69, 9.17) is 0 Å². The molecule has 0 bridgehead atoms. The van der Waals surface area contributed by atoms with E-state index in [1.54, 1.807) is 10.7 Å². The number of aryl methyl sites for hydroxylation is 2. The summed E-state index contributed by atoms with van der Waals surface area (Å²) < 4.78 is 1.64. The van der Waals surface area contributed by atoms with Crippen LogP contribution in [0.4, 0.5) is 0 Å². The van der Waals surface area contributed by atoms with E-state index < -0.39 is 0 Å². The molecule has 142 valence electrons. The highest BCUT2D eigenvalue weighted by atomic mass is 16.2. The normalized spacial score (nSPS) is 20.1. The molecule has 1 amide bonds. The Bertz CT molecular complexity index is 919. The van der Waals surface area contributed by atoms with E-state index in [1.807, 2.05) is 11.0 Å². The first-order valence-electron chi connectivity index (χ1n) is 10.1. The van der Waals surface area contributed by atoms with Crippen molar-refractivity contribution in [3.05, 3.63) is 45.1 Å². The number of H-pyrrole nitrogens is 1. The molecule has 7 heteroatoms. The van der Waals surface area contributed by atoms with Gasteiger partial charge in [-0.1, -0.05) is 0 Å². The van der Waals surface area contributed by atoms with E-state index >= 15 is 0 Å². The van der Waals surface area contributed by atoms with Crippen LogP contribution in [0.15, 0.2) is 16.9 Å². The number of nitrogens with zero attached hydrogens (tertiary/aromatic N) is 4. The number of rotatable bonds is 4. The number of aromatic nitrogens is 4. The van der Waals surface area contributed by atoms with Crippen LogP contribution in [0.5, 0.6) is 0 Å². The molecule has 1 saturated carbocycles. The molecule has 2 aromatic heterocycles. The molecule has 0 radical (unpaired) electrons. The van der Waals surface area contributed by atoms with Gasteiger partial charge in [0.05, 0.1) is 5.69 Å². The highest BCUT2D eigenvalue weighted by Gasteiger charge is 2.29. The van der Waals surface area contributed by atoms with Crippen molar-refractivity contribution in [1.82, 2.24) is 24.9 Å². The number of fused-ring (bicyclic) bond motifs is 1. The number of amides is 1. The second kappa shape index (κ2) is 6.62. The lowest BCUT2D eigenvalue weighted by atomic mass is 9.96. The van der Waals surface area contributed by atoms with Crippen LogP contribution in [0, 0.1) is 5.92 Å². The SMILES string of the molecule is O=C(c1cc(C2CC2)[nH]n1)N1CCC(Cn2nc3c(cc2=O)CCC3)CC1. The molecule has 0 spiro atoms. The van der Waals surface area contributed by atoms with Gasteiger partial charge in [-0.2, -0.15) is 10.2 Å². The number of hydrogen-bond donors (Lipinski definition) is 1. The first kappa shape index (κ1) is 16.7. The maximum Gasteiger partial charge on any atom is 0.274 e. The Morgan fingerprint density at radius 2 is 1.96 bits per heavy atom. The Hall–Kier alpha value is -2.44. The molecule has 1 N–H and O–H groups in total. The van der Waals surface area contributed by atoms with Crippen LogP contribution in [0.2, 0.25) is 0 Å². The number of nitrogens with one attached hydrogen (secondary N) is 1. The van der Waals surface area contributed by atoms with Gasteiger partial charge in [0.2, 0.25) is 0 Å². The Balaban J connectivity index is 1.20. The number of likely N-dealkylation sites (tertiary alicyclic amines) is 1. The van der Waals surface area contributed by atoms with Crippen LogP contribution in [0.25, 0.3) is 0 Å². The van der Waals surface area contributed by atoms with Crippen LogP contribution >= 0.6 is 0 Å². The minimum absolute atomic E-state index is 0.0123. The summed E-state index contributed by atoms with van der Waals surface area (Å²) in [6.45, 7) is 2.09. The summed E-state index contributed by atoms with van der Waals surface area (Å²) in [6, 6.07) is 3.68. The van der Waals surface area contributed by atoms with E-state index in [0.717, 1.165) is 62.1 Å². The maximum atomic E-state index is 12.7. The van der Waals surface area contributed by atoms with Crippen LogP contribution in [-0.4, -0.2) is 43.9 Å². The van der Waals surface area contributed by atoms with Gasteiger partial charge in [-0.15, -0.1) is 0 Å². The fourth-order valence-corrected chi connectivity index (χ4v) is 4.35. The smallest absolute Gasteiger partial charge is 0.274 e. The molecule has 3 heterocycles. The number of aromatic amines is 1. The molecule has 2 fully saturated rings. The number of carbonyl (C=O) groups is 1. The van der Waals surface area contributed by atoms with Gasteiger partial charge < -0.3 is 4.90 Å². The molecule has 7 nitrogen and oxygen atoms in total. The Labute approximate surface area is 157 Å². The van der Waals surface area contributed by atoms with Crippen molar-refractivity contribution in [1.29, 1.82) is 0 Å². The zero-order valence-electron chi connectivity index (χ0n) is 15.5. The lowest BCUT2D eigenvalue weighted by Gasteiger charge is -2.31. The fraction of sp³-hybridized carbons (Fsp3) is 0.600. The van der Waals surface area contributed by atoms with Crippen LogP contribution in [-0.2, 0) is 19.4 Å². The van der Waals surface area contributed by atoms with Crippen LogP contribution in [0.3, 0.4) is 0 Å². The van der Waals surface area contributed by atoms with Gasteiger partial charge in [0.1, 0.15) is 5.69 Å². The number of piperidine rings is 1. The van der Waals surface area contributed by atoms with Gasteiger partial charge in [-0.05, 0) is 62.5 Å². The zero-order valence-corrected chi connectivity index (χ0v) is 15.5. The summed E-state index contributed by atoms with van der Waals surface area (Å²) in [6.07, 6.45) is 7.24. The number of carbonyl (C=O) groups excluding carboxylic acids is 1. The molecule has 0 unspecified atom stereocenters. The van der Waals surface area contributed by atoms with Gasteiger partial charge in [0.25, 0.3) is 11.5 Å². The monoisotopic (exact) mass is 367 g/mol. The predicted molar refractivity (Wildman–Crippen MR) is 99.7 cm³/mol. The molecule has 2 aromatic rings. The predicted octanol–water partition coefficient (Wildman–Crippen LogP) is 1.88. The topological polar surface area (TPSA) is 83.9 Å². The molecule has 2 aliphatic carbocycles. The van der Waals surface area contributed by atoms with Crippen molar-refractivity contribution in [2.75, 3.05) is 13.1 Å². The van der Waals surface area contributed by atoms with Gasteiger partial charge in [0, 0.05) is 37.3 Å². The average Bonchev–Trinajstić information content (AvgIpc) is 3.23. The van der Waals surface area contributed by atoms with E-state index in [0.29, 0.717) is 24.1 Å². The molecule has 1 saturated heterocycles. The van der Waals surface area contributed by atoms with E-state index in [-0.39, 0.29) is 11.5 Å². The second-order valence-electron chi connectivity index (χ2n) is 8.21. The van der Waals surface area contributed by atoms with Crippen molar-refractivity contribution in [3.8, 4) is 0 Å². The largest absolute Gasteiger partial charge is 0.337 e. The zero-order chi connectivity index (χ0) is 18.4. The quantitative estimate of drug-likeness (QED) is 0.894. The summed E-state index contributed by atoms with van der Waals surface area (Å²) in [7, 11) is 0. The van der Waals surface area contributed by atoms with Crippen LogP contribution in [0.1, 0.15) is 65.5 Å². The van der Waals surface area contributed by atoms with Gasteiger partial charge in [-0.3, -0.25) is 14.7 Å². The highest BCUT2D eigenvalue weighted by Crippen LogP contribution is 2.39. The lowest BCUT2D eigenvalue weighted by molar-refractivity contribution is 0.0674. The first-order valence-corrected chi connectivity index (χ1v) is 10.1. The summed E-state index contributed by atoms with van der Waals surface area (Å²) in [5.74, 6) is 0.979. The summed E-state index contributed by atoms with van der Waals surface area (Å²) in [4.78, 5) is 26.9. The molecular formula is C20H25N5O2. The Kier molecular flexibility index (Phi) is 4.10. The standard InChI is InChI=1S/C20H25N5O2/c26-19-10-15-2-1-3-16(15)23-25(19)12-13-6-8-24(9-7-13)20(27)18-11-17(21-22-18)14-4-5-14/h10-11,13-14H,1-9,12H2,(H,21,22). The molecule has 5 rings (SSSR count). The third-order valence-electron chi connectivity index (χ3n) is 6.19. The molecule has 0 aromatic carbocycles. The second-order valence-corrected chi connectivity index (χ2v) is 8.21. The Morgan fingerprint density at radius 1 is 1.15 bits per heavy atom. The maximum absolute atomic E-state index is 12.7. The van der Waals surface area contributed by atoms with Gasteiger partial charge in [-0.25, -0.2) is 4.68 Å². The van der Waals surface area contributed by atoms with Crippen molar-refractivity contribution in [2.24, 2.45) is 5.92 Å². The molecular weight excluding hydrogens is 342 g/mol. The average molecular weight is 367 g/mol. The third kappa shape index (κ3) is 3.31. The van der Waals surface area contributed by atoms with Gasteiger partial charge >= 0.3 is 0 Å². The minimum Gasteiger partial charge on any atom is -0.337 e. The Morgan fingerprint density at radius 3 is 2.74 bits per heavy atom. The molecule has 0 atom stereocenters. The lowest BCUT2D eigenvalue weighted by Crippen LogP contribution is -2.40. The summed E-state index contributed by atoms with van der Waals surface area (Å²) >= 11 is 0. The first-order chi connectivity index (χ1) is 13.2. The van der Waals surface area contributed by atoms with Gasteiger partial charge in [0.15, 0.2) is 0 Å². The molecule has 27 heavy (non-hydrogen) atoms.